The number of β-amino-alcohol motifs (C(OH)–C–C–N with tert-alkyl or cyclic N) is 1. The number of nitrogens with zero attached hydrogens (tertiary/aromatic N) is 5. The van der Waals surface area contributed by atoms with Crippen LogP contribution in [0.2, 0.25) is 0 Å². The second-order valence-electron chi connectivity index (χ2n) is 6.19. The molecule has 8 nitrogen and oxygen atoms in total. The van der Waals surface area contributed by atoms with Gasteiger partial charge < -0.3 is 19.6 Å². The molecule has 132 valence electrons. The SMILES string of the molecule is CN(C[C@]1(O)CCN(c2cnccn2)C1)C(=O)COc1cccnc1. The summed E-state index contributed by atoms with van der Waals surface area (Å²) in [6, 6.07) is 3.48. The molecule has 0 bridgehead atoms. The summed E-state index contributed by atoms with van der Waals surface area (Å²) in [5.41, 5.74) is -0.976. The molecule has 2 aromatic rings. The summed E-state index contributed by atoms with van der Waals surface area (Å²) in [4.78, 5) is 27.9. The van der Waals surface area contributed by atoms with Crippen LogP contribution in [0.5, 0.6) is 5.75 Å². The summed E-state index contributed by atoms with van der Waals surface area (Å²) in [5, 5.41) is 10.8. The molecule has 0 aromatic carbocycles. The lowest BCUT2D eigenvalue weighted by Crippen LogP contribution is -2.47. The predicted octanol–water partition coefficient (Wildman–Crippen LogP) is 0.350. The van der Waals surface area contributed by atoms with Gasteiger partial charge in [-0.25, -0.2) is 4.98 Å². The number of hydrogen-bond acceptors (Lipinski definition) is 7. The third-order valence-electron chi connectivity index (χ3n) is 4.16. The Morgan fingerprint density at radius 2 is 2.20 bits per heavy atom. The maximum atomic E-state index is 12.2. The van der Waals surface area contributed by atoms with Crippen molar-refractivity contribution >= 4 is 11.7 Å². The van der Waals surface area contributed by atoms with E-state index in [1.807, 2.05) is 4.90 Å². The minimum Gasteiger partial charge on any atom is -0.482 e. The average Bonchev–Trinajstić information content (AvgIpc) is 3.03. The molecule has 1 atom stereocenters. The summed E-state index contributed by atoms with van der Waals surface area (Å²) in [6.45, 7) is 1.22. The molecule has 2 aromatic heterocycles. The molecule has 0 unspecified atom stereocenters. The Labute approximate surface area is 146 Å². The maximum Gasteiger partial charge on any atom is 0.260 e. The van der Waals surface area contributed by atoms with Crippen molar-refractivity contribution in [2.75, 3.05) is 38.2 Å². The largest absolute Gasteiger partial charge is 0.482 e. The molecule has 3 heterocycles. The zero-order valence-electron chi connectivity index (χ0n) is 14.1. The molecule has 25 heavy (non-hydrogen) atoms. The second kappa shape index (κ2) is 7.43. The van der Waals surface area contributed by atoms with Gasteiger partial charge in [-0.3, -0.25) is 14.8 Å². The van der Waals surface area contributed by atoms with Crippen LogP contribution in [-0.4, -0.2) is 69.8 Å². The second-order valence-corrected chi connectivity index (χ2v) is 6.19. The van der Waals surface area contributed by atoms with Crippen LogP contribution < -0.4 is 9.64 Å². The van der Waals surface area contributed by atoms with Crippen LogP contribution in [0.4, 0.5) is 5.82 Å². The lowest BCUT2D eigenvalue weighted by molar-refractivity contribution is -0.134. The van der Waals surface area contributed by atoms with Crippen LogP contribution in [0.15, 0.2) is 43.1 Å². The van der Waals surface area contributed by atoms with Gasteiger partial charge in [-0.2, -0.15) is 0 Å². The molecular weight excluding hydrogens is 322 g/mol. The van der Waals surface area contributed by atoms with Crippen molar-refractivity contribution in [3.05, 3.63) is 43.1 Å². The standard InChI is InChI=1S/C17H21N5O3/c1-21(16(23)11-25-14-3-2-5-18-9-14)12-17(24)4-8-22(13-17)15-10-19-6-7-20-15/h2-3,5-7,9-10,24H,4,8,11-13H2,1H3/t17-/m1/s1. The molecule has 0 aliphatic carbocycles. The van der Waals surface area contributed by atoms with Crippen molar-refractivity contribution < 1.29 is 14.6 Å². The Bertz CT molecular complexity index is 700. The van der Waals surface area contributed by atoms with E-state index in [2.05, 4.69) is 15.0 Å². The number of carbonyl (C=O) groups excluding carboxylic acids is 1. The highest BCUT2D eigenvalue weighted by Gasteiger charge is 2.38. The fourth-order valence-electron chi connectivity index (χ4n) is 2.85. The first-order valence-corrected chi connectivity index (χ1v) is 8.06. The van der Waals surface area contributed by atoms with Crippen LogP contribution in [-0.2, 0) is 4.79 Å². The van der Waals surface area contributed by atoms with Crippen LogP contribution in [0.3, 0.4) is 0 Å². The fourth-order valence-corrected chi connectivity index (χ4v) is 2.85. The third-order valence-corrected chi connectivity index (χ3v) is 4.16. The molecule has 1 aliphatic heterocycles. The monoisotopic (exact) mass is 343 g/mol. The highest BCUT2D eigenvalue weighted by atomic mass is 16.5. The molecule has 3 rings (SSSR count). The first kappa shape index (κ1) is 17.1. The number of aliphatic hydroxyl groups is 1. The number of ether oxygens (including phenoxy) is 1. The van der Waals surface area contributed by atoms with Gasteiger partial charge in [-0.1, -0.05) is 0 Å². The number of hydrogen-bond donors (Lipinski definition) is 1. The van der Waals surface area contributed by atoms with E-state index in [0.29, 0.717) is 25.3 Å². The molecule has 1 aliphatic rings. The predicted molar refractivity (Wildman–Crippen MR) is 91.2 cm³/mol. The van der Waals surface area contributed by atoms with Crippen molar-refractivity contribution in [3.8, 4) is 5.75 Å². The zero-order valence-corrected chi connectivity index (χ0v) is 14.1. The van der Waals surface area contributed by atoms with Crippen molar-refractivity contribution in [2.45, 2.75) is 12.0 Å². The van der Waals surface area contributed by atoms with Gasteiger partial charge in [0.1, 0.15) is 17.2 Å². The van der Waals surface area contributed by atoms with Crippen molar-refractivity contribution in [3.63, 3.8) is 0 Å². The van der Waals surface area contributed by atoms with Gasteiger partial charge in [0.2, 0.25) is 0 Å². The fraction of sp³-hybridized carbons (Fsp3) is 0.412. The molecule has 1 saturated heterocycles. The molecule has 0 radical (unpaired) electrons. The normalized spacial score (nSPS) is 19.7. The van der Waals surface area contributed by atoms with E-state index < -0.39 is 5.60 Å². The van der Waals surface area contributed by atoms with Crippen LogP contribution >= 0.6 is 0 Å². The van der Waals surface area contributed by atoms with E-state index in [1.54, 1.807) is 50.2 Å². The van der Waals surface area contributed by atoms with Crippen molar-refractivity contribution in [2.24, 2.45) is 0 Å². The maximum absolute atomic E-state index is 12.2. The third kappa shape index (κ3) is 4.42. The minimum absolute atomic E-state index is 0.0911. The average molecular weight is 343 g/mol. The van der Waals surface area contributed by atoms with E-state index >= 15 is 0 Å². The molecule has 8 heteroatoms. The van der Waals surface area contributed by atoms with Crippen molar-refractivity contribution in [1.29, 1.82) is 0 Å². The summed E-state index contributed by atoms with van der Waals surface area (Å²) in [6.07, 6.45) is 8.65. The van der Waals surface area contributed by atoms with Gasteiger partial charge in [0.05, 0.1) is 18.9 Å². The van der Waals surface area contributed by atoms with Crippen molar-refractivity contribution in [1.82, 2.24) is 19.9 Å². The smallest absolute Gasteiger partial charge is 0.260 e. The summed E-state index contributed by atoms with van der Waals surface area (Å²) in [5.74, 6) is 1.07. The highest BCUT2D eigenvalue weighted by molar-refractivity contribution is 5.77. The zero-order chi connectivity index (χ0) is 17.7. The Morgan fingerprint density at radius 3 is 2.92 bits per heavy atom. The number of rotatable bonds is 6. The van der Waals surface area contributed by atoms with E-state index in [4.69, 9.17) is 4.74 Å². The Balaban J connectivity index is 1.51. The molecule has 0 saturated carbocycles. The van der Waals surface area contributed by atoms with Gasteiger partial charge in [0.25, 0.3) is 5.91 Å². The van der Waals surface area contributed by atoms with Gasteiger partial charge in [-0.15, -0.1) is 0 Å². The summed E-state index contributed by atoms with van der Waals surface area (Å²) >= 11 is 0. The lowest BCUT2D eigenvalue weighted by atomic mass is 10.0. The number of carbonyl (C=O) groups is 1. The Hall–Kier alpha value is -2.74. The summed E-state index contributed by atoms with van der Waals surface area (Å²) < 4.78 is 5.41. The molecule has 1 fully saturated rings. The van der Waals surface area contributed by atoms with Gasteiger partial charge in [0, 0.05) is 38.7 Å². The number of amides is 1. The van der Waals surface area contributed by atoms with Crippen LogP contribution in [0.1, 0.15) is 6.42 Å². The first-order chi connectivity index (χ1) is 12.1. The van der Waals surface area contributed by atoms with E-state index in [1.165, 1.54) is 4.90 Å². The van der Waals surface area contributed by atoms with Gasteiger partial charge in [-0.05, 0) is 18.6 Å². The molecule has 0 spiro atoms. The lowest BCUT2D eigenvalue weighted by Gasteiger charge is -2.29. The van der Waals surface area contributed by atoms with E-state index in [9.17, 15) is 9.90 Å². The van der Waals surface area contributed by atoms with Crippen LogP contribution in [0, 0.1) is 0 Å². The Morgan fingerprint density at radius 1 is 1.36 bits per heavy atom. The van der Waals surface area contributed by atoms with Gasteiger partial charge in [0.15, 0.2) is 6.61 Å². The van der Waals surface area contributed by atoms with Gasteiger partial charge >= 0.3 is 0 Å². The molecule has 1 N–H and O–H groups in total. The number of likely N-dealkylation sites (N-methyl/N-ethyl adjacent to an activating group) is 1. The number of pyridine rings is 1. The number of aromatic nitrogens is 3. The quantitative estimate of drug-likeness (QED) is 0.809. The number of anilines is 1. The van der Waals surface area contributed by atoms with Crippen LogP contribution in [0.25, 0.3) is 0 Å². The molecule has 1 amide bonds. The highest BCUT2D eigenvalue weighted by Crippen LogP contribution is 2.25. The summed E-state index contributed by atoms with van der Waals surface area (Å²) in [7, 11) is 1.66. The topological polar surface area (TPSA) is 91.7 Å². The van der Waals surface area contributed by atoms with E-state index in [-0.39, 0.29) is 19.1 Å². The van der Waals surface area contributed by atoms with E-state index in [0.717, 1.165) is 5.82 Å². The first-order valence-electron chi connectivity index (χ1n) is 8.06. The molecular formula is C17H21N5O3. The minimum atomic E-state index is -0.976. The Kier molecular flexibility index (Phi) is 5.08.